The molecule has 0 saturated carbocycles. The van der Waals surface area contributed by atoms with Gasteiger partial charge in [0.1, 0.15) is 23.9 Å². The standard InChI is InChI=1S/C23H24FNO4S/c1-16-13-23(17(2)12-22(16)28-3)30(26,27)25-14-18-6-10-21(11-7-18)29-15-19-4-8-20(24)9-5-19/h4-13,25H,14-15H2,1-3H3. The van der Waals surface area contributed by atoms with Crippen LogP contribution in [0, 0.1) is 19.7 Å². The number of nitrogens with one attached hydrogen (secondary N) is 1. The van der Waals surface area contributed by atoms with E-state index in [-0.39, 0.29) is 17.3 Å². The molecule has 0 fully saturated rings. The van der Waals surface area contributed by atoms with Crippen molar-refractivity contribution in [3.63, 3.8) is 0 Å². The molecule has 3 aromatic carbocycles. The number of hydrogen-bond donors (Lipinski definition) is 1. The van der Waals surface area contributed by atoms with Gasteiger partial charge in [-0.2, -0.15) is 0 Å². The topological polar surface area (TPSA) is 64.6 Å². The van der Waals surface area contributed by atoms with Gasteiger partial charge in [-0.25, -0.2) is 17.5 Å². The summed E-state index contributed by atoms with van der Waals surface area (Å²) in [5.74, 6) is 1.01. The molecule has 1 N–H and O–H groups in total. The second-order valence-electron chi connectivity index (χ2n) is 6.97. The average molecular weight is 430 g/mol. The first-order chi connectivity index (χ1) is 14.3. The van der Waals surface area contributed by atoms with E-state index in [1.54, 1.807) is 62.6 Å². The molecule has 158 valence electrons. The number of sulfonamides is 1. The number of halogens is 1. The minimum atomic E-state index is -3.66. The quantitative estimate of drug-likeness (QED) is 0.572. The van der Waals surface area contributed by atoms with E-state index in [9.17, 15) is 12.8 Å². The van der Waals surface area contributed by atoms with E-state index >= 15 is 0 Å². The van der Waals surface area contributed by atoms with Crippen molar-refractivity contribution < 1.29 is 22.3 Å². The summed E-state index contributed by atoms with van der Waals surface area (Å²) in [5.41, 5.74) is 3.04. The lowest BCUT2D eigenvalue weighted by atomic mass is 10.1. The summed E-state index contributed by atoms with van der Waals surface area (Å²) >= 11 is 0. The van der Waals surface area contributed by atoms with Crippen molar-refractivity contribution in [2.75, 3.05) is 7.11 Å². The SMILES string of the molecule is COc1cc(C)c(S(=O)(=O)NCc2ccc(OCc3ccc(F)cc3)cc2)cc1C. The minimum Gasteiger partial charge on any atom is -0.496 e. The second-order valence-corrected chi connectivity index (χ2v) is 8.71. The van der Waals surface area contributed by atoms with Crippen LogP contribution in [0.2, 0.25) is 0 Å². The zero-order valence-electron chi connectivity index (χ0n) is 17.1. The average Bonchev–Trinajstić information content (AvgIpc) is 2.74. The second kappa shape index (κ2) is 9.28. The van der Waals surface area contributed by atoms with Gasteiger partial charge in [-0.3, -0.25) is 0 Å². The van der Waals surface area contributed by atoms with Crippen LogP contribution in [0.4, 0.5) is 4.39 Å². The van der Waals surface area contributed by atoms with Gasteiger partial charge in [-0.05, 0) is 72.5 Å². The molecule has 5 nitrogen and oxygen atoms in total. The molecule has 0 aromatic heterocycles. The fraction of sp³-hybridized carbons (Fsp3) is 0.217. The third-order valence-electron chi connectivity index (χ3n) is 4.69. The molecule has 0 aliphatic heterocycles. The van der Waals surface area contributed by atoms with Crippen molar-refractivity contribution in [3.05, 3.63) is 88.7 Å². The van der Waals surface area contributed by atoms with Crippen molar-refractivity contribution in [1.82, 2.24) is 4.72 Å². The molecule has 0 spiro atoms. The van der Waals surface area contributed by atoms with Gasteiger partial charge in [0.2, 0.25) is 10.0 Å². The van der Waals surface area contributed by atoms with Gasteiger partial charge in [0.05, 0.1) is 12.0 Å². The van der Waals surface area contributed by atoms with E-state index in [4.69, 9.17) is 9.47 Å². The molecule has 0 heterocycles. The van der Waals surface area contributed by atoms with Gasteiger partial charge >= 0.3 is 0 Å². The predicted molar refractivity (Wildman–Crippen MR) is 114 cm³/mol. The van der Waals surface area contributed by atoms with Crippen LogP contribution in [0.25, 0.3) is 0 Å². The molecule has 0 bridgehead atoms. The van der Waals surface area contributed by atoms with Crippen LogP contribution in [0.5, 0.6) is 11.5 Å². The molecular formula is C23H24FNO4S. The van der Waals surface area contributed by atoms with E-state index in [0.717, 1.165) is 16.7 Å². The predicted octanol–water partition coefficient (Wildman–Crippen LogP) is 4.51. The van der Waals surface area contributed by atoms with Gasteiger partial charge < -0.3 is 9.47 Å². The Hall–Kier alpha value is -2.90. The molecule has 0 saturated heterocycles. The van der Waals surface area contributed by atoms with Gasteiger partial charge in [-0.1, -0.05) is 24.3 Å². The van der Waals surface area contributed by atoms with Gasteiger partial charge in [-0.15, -0.1) is 0 Å². The molecule has 0 unspecified atom stereocenters. The van der Waals surface area contributed by atoms with E-state index in [1.807, 2.05) is 6.92 Å². The van der Waals surface area contributed by atoms with Gasteiger partial charge in [0.25, 0.3) is 0 Å². The highest BCUT2D eigenvalue weighted by Crippen LogP contribution is 2.25. The Balaban J connectivity index is 1.61. The Morgan fingerprint density at radius 2 is 1.53 bits per heavy atom. The number of hydrogen-bond acceptors (Lipinski definition) is 4. The first kappa shape index (κ1) is 21.8. The molecule has 7 heteroatoms. The Morgan fingerprint density at radius 1 is 0.900 bits per heavy atom. The van der Waals surface area contributed by atoms with Crippen molar-refractivity contribution in [3.8, 4) is 11.5 Å². The lowest BCUT2D eigenvalue weighted by Gasteiger charge is -2.13. The molecule has 0 amide bonds. The molecular weight excluding hydrogens is 405 g/mol. The van der Waals surface area contributed by atoms with Crippen LogP contribution in [-0.4, -0.2) is 15.5 Å². The Morgan fingerprint density at radius 3 is 2.17 bits per heavy atom. The monoisotopic (exact) mass is 429 g/mol. The van der Waals surface area contributed by atoms with E-state index in [2.05, 4.69) is 4.72 Å². The zero-order valence-corrected chi connectivity index (χ0v) is 17.9. The van der Waals surface area contributed by atoms with Crippen molar-refractivity contribution in [2.24, 2.45) is 0 Å². The maximum absolute atomic E-state index is 12.9. The van der Waals surface area contributed by atoms with Gasteiger partial charge in [0.15, 0.2) is 0 Å². The third-order valence-corrected chi connectivity index (χ3v) is 6.23. The summed E-state index contributed by atoms with van der Waals surface area (Å²) in [7, 11) is -2.11. The highest BCUT2D eigenvalue weighted by Gasteiger charge is 2.18. The van der Waals surface area contributed by atoms with Crippen LogP contribution in [0.3, 0.4) is 0 Å². The van der Waals surface area contributed by atoms with Crippen LogP contribution >= 0.6 is 0 Å². The van der Waals surface area contributed by atoms with E-state index < -0.39 is 10.0 Å². The molecule has 3 aromatic rings. The Kier molecular flexibility index (Phi) is 6.74. The normalized spacial score (nSPS) is 11.3. The summed E-state index contributed by atoms with van der Waals surface area (Å²) in [6.45, 7) is 4.03. The first-order valence-electron chi connectivity index (χ1n) is 9.39. The highest BCUT2D eigenvalue weighted by atomic mass is 32.2. The van der Waals surface area contributed by atoms with Crippen LogP contribution in [-0.2, 0) is 23.2 Å². The summed E-state index contributed by atoms with van der Waals surface area (Å²) in [6.07, 6.45) is 0. The lowest BCUT2D eigenvalue weighted by Crippen LogP contribution is -2.24. The number of ether oxygens (including phenoxy) is 2. The van der Waals surface area contributed by atoms with Crippen LogP contribution in [0.15, 0.2) is 65.6 Å². The highest BCUT2D eigenvalue weighted by molar-refractivity contribution is 7.89. The summed E-state index contributed by atoms with van der Waals surface area (Å²) in [4.78, 5) is 0.236. The Bertz CT molecular complexity index is 1110. The number of benzene rings is 3. The van der Waals surface area contributed by atoms with Crippen LogP contribution < -0.4 is 14.2 Å². The van der Waals surface area contributed by atoms with Crippen molar-refractivity contribution >= 4 is 10.0 Å². The molecule has 0 radical (unpaired) electrons. The summed E-state index contributed by atoms with van der Waals surface area (Å²) in [6, 6.07) is 16.6. The van der Waals surface area contributed by atoms with Gasteiger partial charge in [0, 0.05) is 6.54 Å². The largest absolute Gasteiger partial charge is 0.496 e. The maximum Gasteiger partial charge on any atom is 0.241 e. The molecule has 3 rings (SSSR count). The minimum absolute atomic E-state index is 0.158. The first-order valence-corrected chi connectivity index (χ1v) is 10.9. The molecule has 0 aliphatic rings. The fourth-order valence-electron chi connectivity index (χ4n) is 2.98. The fourth-order valence-corrected chi connectivity index (χ4v) is 4.31. The number of aryl methyl sites for hydroxylation is 2. The van der Waals surface area contributed by atoms with E-state index in [0.29, 0.717) is 23.7 Å². The Labute approximate surface area is 176 Å². The molecule has 0 atom stereocenters. The van der Waals surface area contributed by atoms with E-state index in [1.165, 1.54) is 12.1 Å². The third kappa shape index (κ3) is 5.37. The smallest absolute Gasteiger partial charge is 0.241 e. The number of rotatable bonds is 8. The maximum atomic E-state index is 12.9. The lowest BCUT2D eigenvalue weighted by molar-refractivity contribution is 0.306. The zero-order chi connectivity index (χ0) is 21.7. The molecule has 0 aliphatic carbocycles. The van der Waals surface area contributed by atoms with Crippen molar-refractivity contribution in [2.45, 2.75) is 31.9 Å². The summed E-state index contributed by atoms with van der Waals surface area (Å²) in [5, 5.41) is 0. The van der Waals surface area contributed by atoms with Crippen LogP contribution in [0.1, 0.15) is 22.3 Å². The number of methoxy groups -OCH3 is 1. The van der Waals surface area contributed by atoms with Crippen molar-refractivity contribution in [1.29, 1.82) is 0 Å². The summed E-state index contributed by atoms with van der Waals surface area (Å²) < 4.78 is 51.9. The molecule has 30 heavy (non-hydrogen) atoms.